The number of rotatable bonds is 7. The lowest BCUT2D eigenvalue weighted by molar-refractivity contribution is -0.131. The Labute approximate surface area is 98.6 Å². The standard InChI is InChI=1S/C12H23N3O/c1-5-15(6-2)12(16)7-11(8-13)14-9-10(3)4/h10-11,14H,5-7,9H2,1-4H3. The average Bonchev–Trinajstić information content (AvgIpc) is 2.25. The van der Waals surface area contributed by atoms with Gasteiger partial charge < -0.3 is 10.2 Å². The summed E-state index contributed by atoms with van der Waals surface area (Å²) in [6.07, 6.45) is 0.269. The van der Waals surface area contributed by atoms with Crippen molar-refractivity contribution in [3.63, 3.8) is 0 Å². The zero-order chi connectivity index (χ0) is 12.6. The summed E-state index contributed by atoms with van der Waals surface area (Å²) in [6, 6.07) is 1.77. The number of amides is 1. The molecule has 4 nitrogen and oxygen atoms in total. The number of carbonyl (C=O) groups is 1. The van der Waals surface area contributed by atoms with E-state index in [2.05, 4.69) is 25.2 Å². The van der Waals surface area contributed by atoms with Crippen LogP contribution in [0.15, 0.2) is 0 Å². The first kappa shape index (κ1) is 14.9. The number of carbonyl (C=O) groups excluding carboxylic acids is 1. The lowest BCUT2D eigenvalue weighted by atomic mass is 10.1. The zero-order valence-corrected chi connectivity index (χ0v) is 10.8. The number of hydrogen-bond donors (Lipinski definition) is 1. The third kappa shape index (κ3) is 5.72. The third-order valence-corrected chi connectivity index (χ3v) is 2.42. The highest BCUT2D eigenvalue weighted by Gasteiger charge is 2.16. The van der Waals surface area contributed by atoms with Gasteiger partial charge in [0.1, 0.15) is 6.04 Å². The smallest absolute Gasteiger partial charge is 0.225 e. The first-order valence-corrected chi connectivity index (χ1v) is 5.95. The minimum absolute atomic E-state index is 0.0489. The van der Waals surface area contributed by atoms with Crippen LogP contribution in [0.2, 0.25) is 0 Å². The van der Waals surface area contributed by atoms with E-state index in [1.165, 1.54) is 0 Å². The molecule has 92 valence electrons. The van der Waals surface area contributed by atoms with Gasteiger partial charge in [0.05, 0.1) is 12.5 Å². The lowest BCUT2D eigenvalue weighted by Crippen LogP contribution is -2.38. The molecule has 16 heavy (non-hydrogen) atoms. The molecule has 0 bridgehead atoms. The van der Waals surface area contributed by atoms with Gasteiger partial charge in [-0.1, -0.05) is 13.8 Å². The van der Waals surface area contributed by atoms with E-state index in [4.69, 9.17) is 5.26 Å². The molecule has 1 N–H and O–H groups in total. The summed E-state index contributed by atoms with van der Waals surface area (Å²) in [5, 5.41) is 12.0. The molecule has 0 saturated heterocycles. The number of nitriles is 1. The predicted molar refractivity (Wildman–Crippen MR) is 64.8 cm³/mol. The van der Waals surface area contributed by atoms with E-state index in [0.29, 0.717) is 19.0 Å². The molecule has 0 saturated carbocycles. The summed E-state index contributed by atoms with van der Waals surface area (Å²) in [6.45, 7) is 10.2. The van der Waals surface area contributed by atoms with E-state index in [1.54, 1.807) is 4.90 Å². The SMILES string of the molecule is CCN(CC)C(=O)CC(C#N)NCC(C)C. The van der Waals surface area contributed by atoms with Gasteiger partial charge in [0, 0.05) is 13.1 Å². The Balaban J connectivity index is 4.12. The van der Waals surface area contributed by atoms with Gasteiger partial charge in [0.2, 0.25) is 5.91 Å². The van der Waals surface area contributed by atoms with Gasteiger partial charge in [0.15, 0.2) is 0 Å². The Bertz CT molecular complexity index is 241. The van der Waals surface area contributed by atoms with Crippen molar-refractivity contribution in [1.29, 1.82) is 5.26 Å². The van der Waals surface area contributed by atoms with Crippen LogP contribution in [0.5, 0.6) is 0 Å². The molecule has 0 aromatic carbocycles. The fraction of sp³-hybridized carbons (Fsp3) is 0.833. The fourth-order valence-corrected chi connectivity index (χ4v) is 1.42. The monoisotopic (exact) mass is 225 g/mol. The highest BCUT2D eigenvalue weighted by atomic mass is 16.2. The van der Waals surface area contributed by atoms with Crippen LogP contribution in [-0.2, 0) is 4.79 Å². The summed E-state index contributed by atoms with van der Waals surface area (Å²) in [5.74, 6) is 0.534. The van der Waals surface area contributed by atoms with Crippen molar-refractivity contribution in [1.82, 2.24) is 10.2 Å². The molecule has 0 aliphatic carbocycles. The first-order valence-electron chi connectivity index (χ1n) is 5.95. The van der Waals surface area contributed by atoms with E-state index in [1.807, 2.05) is 13.8 Å². The van der Waals surface area contributed by atoms with E-state index in [0.717, 1.165) is 6.54 Å². The highest BCUT2D eigenvalue weighted by molar-refractivity contribution is 5.77. The van der Waals surface area contributed by atoms with Crippen molar-refractivity contribution in [3.8, 4) is 6.07 Å². The van der Waals surface area contributed by atoms with Gasteiger partial charge in [-0.15, -0.1) is 0 Å². The Hall–Kier alpha value is -1.08. The van der Waals surface area contributed by atoms with Crippen LogP contribution < -0.4 is 5.32 Å². The minimum Gasteiger partial charge on any atom is -0.343 e. The van der Waals surface area contributed by atoms with Crippen molar-refractivity contribution in [2.75, 3.05) is 19.6 Å². The van der Waals surface area contributed by atoms with Crippen LogP contribution in [0.3, 0.4) is 0 Å². The maximum Gasteiger partial charge on any atom is 0.225 e. The van der Waals surface area contributed by atoms with E-state index in [9.17, 15) is 4.79 Å². The van der Waals surface area contributed by atoms with Crippen molar-refractivity contribution >= 4 is 5.91 Å². The van der Waals surface area contributed by atoms with Crippen LogP contribution >= 0.6 is 0 Å². The summed E-state index contributed by atoms with van der Waals surface area (Å²) >= 11 is 0. The topological polar surface area (TPSA) is 56.1 Å². The molecule has 0 rings (SSSR count). The molecular weight excluding hydrogens is 202 g/mol. The van der Waals surface area contributed by atoms with Gasteiger partial charge in [-0.25, -0.2) is 0 Å². The van der Waals surface area contributed by atoms with Crippen molar-refractivity contribution in [2.24, 2.45) is 5.92 Å². The number of nitrogens with zero attached hydrogens (tertiary/aromatic N) is 2. The summed E-state index contributed by atoms with van der Waals surface area (Å²) < 4.78 is 0. The molecule has 1 atom stereocenters. The molecule has 1 unspecified atom stereocenters. The van der Waals surface area contributed by atoms with Crippen LogP contribution in [0, 0.1) is 17.2 Å². The van der Waals surface area contributed by atoms with E-state index >= 15 is 0 Å². The van der Waals surface area contributed by atoms with E-state index in [-0.39, 0.29) is 18.4 Å². The molecule has 0 aromatic heterocycles. The van der Waals surface area contributed by atoms with Gasteiger partial charge >= 0.3 is 0 Å². The maximum atomic E-state index is 11.8. The normalized spacial score (nSPS) is 12.2. The second-order valence-corrected chi connectivity index (χ2v) is 4.25. The minimum atomic E-state index is -0.365. The van der Waals surface area contributed by atoms with Gasteiger partial charge in [-0.05, 0) is 26.3 Å². The van der Waals surface area contributed by atoms with Crippen molar-refractivity contribution in [2.45, 2.75) is 40.2 Å². The van der Waals surface area contributed by atoms with Gasteiger partial charge in [-0.3, -0.25) is 4.79 Å². The molecule has 0 heterocycles. The highest BCUT2D eigenvalue weighted by Crippen LogP contribution is 1.99. The van der Waals surface area contributed by atoms with Gasteiger partial charge in [-0.2, -0.15) is 5.26 Å². The lowest BCUT2D eigenvalue weighted by Gasteiger charge is -2.20. The summed E-state index contributed by atoms with van der Waals surface area (Å²) in [4.78, 5) is 13.5. The van der Waals surface area contributed by atoms with Gasteiger partial charge in [0.25, 0.3) is 0 Å². The average molecular weight is 225 g/mol. The summed E-state index contributed by atoms with van der Waals surface area (Å²) in [5.41, 5.74) is 0. The molecule has 0 aliphatic rings. The van der Waals surface area contributed by atoms with Crippen LogP contribution in [0.4, 0.5) is 0 Å². The first-order chi connectivity index (χ1) is 7.54. The molecule has 0 fully saturated rings. The third-order valence-electron chi connectivity index (χ3n) is 2.42. The zero-order valence-electron chi connectivity index (χ0n) is 10.8. The molecule has 0 aromatic rings. The van der Waals surface area contributed by atoms with Crippen molar-refractivity contribution in [3.05, 3.63) is 0 Å². The fourth-order valence-electron chi connectivity index (χ4n) is 1.42. The Morgan fingerprint density at radius 3 is 2.31 bits per heavy atom. The van der Waals surface area contributed by atoms with Crippen molar-refractivity contribution < 1.29 is 4.79 Å². The molecular formula is C12H23N3O. The largest absolute Gasteiger partial charge is 0.343 e. The van der Waals surface area contributed by atoms with Crippen LogP contribution in [0.1, 0.15) is 34.1 Å². The Morgan fingerprint density at radius 2 is 1.94 bits per heavy atom. The number of hydrogen-bond acceptors (Lipinski definition) is 3. The maximum absolute atomic E-state index is 11.8. The quantitative estimate of drug-likeness (QED) is 0.712. The predicted octanol–water partition coefficient (Wildman–Crippen LogP) is 1.38. The Kier molecular flexibility index (Phi) is 7.57. The number of nitrogens with one attached hydrogen (secondary N) is 1. The molecule has 1 amide bonds. The molecule has 0 radical (unpaired) electrons. The second kappa shape index (κ2) is 8.12. The Morgan fingerprint density at radius 1 is 1.38 bits per heavy atom. The molecule has 0 spiro atoms. The van der Waals surface area contributed by atoms with E-state index < -0.39 is 0 Å². The van der Waals surface area contributed by atoms with Crippen LogP contribution in [-0.4, -0.2) is 36.5 Å². The molecule has 4 heteroatoms. The molecule has 0 aliphatic heterocycles. The second-order valence-electron chi connectivity index (χ2n) is 4.25. The van der Waals surface area contributed by atoms with Crippen LogP contribution in [0.25, 0.3) is 0 Å². The summed E-state index contributed by atoms with van der Waals surface area (Å²) in [7, 11) is 0.